The lowest BCUT2D eigenvalue weighted by Crippen LogP contribution is -2.32. The molecule has 5 nitrogen and oxygen atoms in total. The Hall–Kier alpha value is -2.87. The summed E-state index contributed by atoms with van der Waals surface area (Å²) in [5.74, 6) is 0.166. The maximum absolute atomic E-state index is 12.7. The van der Waals surface area contributed by atoms with Crippen molar-refractivity contribution < 1.29 is 27.4 Å². The molecule has 0 radical (unpaired) electrons. The Labute approximate surface area is 160 Å². The van der Waals surface area contributed by atoms with Crippen LogP contribution in [0.3, 0.4) is 0 Å². The summed E-state index contributed by atoms with van der Waals surface area (Å²) in [5.41, 5.74) is -0.116. The fourth-order valence-corrected chi connectivity index (χ4v) is 2.89. The topological polar surface area (TPSA) is 51.7 Å². The van der Waals surface area contributed by atoms with E-state index in [1.165, 1.54) is 18.2 Å². The number of benzene rings is 1. The number of rotatable bonds is 6. The molecular formula is C20H19F3N2O3. The zero-order chi connectivity index (χ0) is 20.1. The van der Waals surface area contributed by atoms with Crippen LogP contribution in [0.5, 0.6) is 5.88 Å². The van der Waals surface area contributed by atoms with Crippen LogP contribution in [-0.4, -0.2) is 41.1 Å². The zero-order valence-electron chi connectivity index (χ0n) is 14.9. The summed E-state index contributed by atoms with van der Waals surface area (Å²) < 4.78 is 49.7. The number of nitrogens with zero attached hydrogens (tertiary/aromatic N) is 2. The summed E-state index contributed by atoms with van der Waals surface area (Å²) in [5, 5.41) is 0. The quantitative estimate of drug-likeness (QED) is 0.707. The van der Waals surface area contributed by atoms with Crippen molar-refractivity contribution in [1.82, 2.24) is 9.88 Å². The van der Waals surface area contributed by atoms with Gasteiger partial charge in [-0.1, -0.05) is 24.8 Å². The molecule has 1 amide bonds. The van der Waals surface area contributed by atoms with Crippen molar-refractivity contribution in [2.24, 2.45) is 0 Å². The standard InChI is InChI=1S/C20H19F3N2O3/c1-2-19(26)25-11-16(17(12-25)28-18-5-3-4-10-24-18)27-13-14-6-8-15(9-7-14)20(21,22)23/h2-10,16-17H,1,11-13H2. The number of carbonyl (C=O) groups excluding carboxylic acids is 1. The second-order valence-corrected chi connectivity index (χ2v) is 6.32. The summed E-state index contributed by atoms with van der Waals surface area (Å²) in [6, 6.07) is 10.0. The second-order valence-electron chi connectivity index (χ2n) is 6.32. The van der Waals surface area contributed by atoms with Crippen LogP contribution in [0.4, 0.5) is 13.2 Å². The lowest BCUT2D eigenvalue weighted by molar-refractivity contribution is -0.137. The predicted octanol–water partition coefficient (Wildman–Crippen LogP) is 3.46. The third kappa shape index (κ3) is 4.89. The summed E-state index contributed by atoms with van der Waals surface area (Å²) in [4.78, 5) is 17.6. The molecule has 0 N–H and O–H groups in total. The maximum Gasteiger partial charge on any atom is 0.416 e. The number of ether oxygens (including phenoxy) is 2. The minimum atomic E-state index is -4.38. The SMILES string of the molecule is C=CC(=O)N1CC(OCc2ccc(C(F)(F)F)cc2)C(Oc2ccccn2)C1. The Bertz CT molecular complexity index is 810. The maximum atomic E-state index is 12.7. The number of carbonyl (C=O) groups is 1. The van der Waals surface area contributed by atoms with E-state index in [2.05, 4.69) is 11.6 Å². The van der Waals surface area contributed by atoms with Gasteiger partial charge < -0.3 is 14.4 Å². The fraction of sp³-hybridized carbons (Fsp3) is 0.300. The molecule has 1 fully saturated rings. The first-order valence-electron chi connectivity index (χ1n) is 8.63. The van der Waals surface area contributed by atoms with E-state index < -0.39 is 23.9 Å². The Morgan fingerprint density at radius 2 is 1.89 bits per heavy atom. The van der Waals surface area contributed by atoms with Crippen LogP contribution < -0.4 is 4.74 Å². The lowest BCUT2D eigenvalue weighted by atomic mass is 10.1. The first-order chi connectivity index (χ1) is 13.4. The van der Waals surface area contributed by atoms with Crippen molar-refractivity contribution in [2.45, 2.75) is 25.0 Å². The summed E-state index contributed by atoms with van der Waals surface area (Å²) in [6.45, 7) is 4.18. The van der Waals surface area contributed by atoms with E-state index in [-0.39, 0.29) is 12.5 Å². The van der Waals surface area contributed by atoms with Crippen LogP contribution >= 0.6 is 0 Å². The van der Waals surface area contributed by atoms with Gasteiger partial charge in [0.1, 0.15) is 12.2 Å². The van der Waals surface area contributed by atoms with Crippen molar-refractivity contribution in [1.29, 1.82) is 0 Å². The molecule has 2 atom stereocenters. The van der Waals surface area contributed by atoms with Crippen molar-refractivity contribution in [3.05, 3.63) is 72.4 Å². The largest absolute Gasteiger partial charge is 0.470 e. The van der Waals surface area contributed by atoms with Crippen molar-refractivity contribution in [2.75, 3.05) is 13.1 Å². The van der Waals surface area contributed by atoms with Crippen molar-refractivity contribution in [3.8, 4) is 5.88 Å². The average Bonchev–Trinajstić information content (AvgIpc) is 3.09. The molecule has 0 saturated carbocycles. The Morgan fingerprint density at radius 1 is 1.18 bits per heavy atom. The highest BCUT2D eigenvalue weighted by Gasteiger charge is 2.37. The Morgan fingerprint density at radius 3 is 2.50 bits per heavy atom. The van der Waals surface area contributed by atoms with Crippen molar-refractivity contribution >= 4 is 5.91 Å². The van der Waals surface area contributed by atoms with Gasteiger partial charge in [-0.3, -0.25) is 4.79 Å². The summed E-state index contributed by atoms with van der Waals surface area (Å²) in [7, 11) is 0. The highest BCUT2D eigenvalue weighted by molar-refractivity contribution is 5.87. The van der Waals surface area contributed by atoms with Gasteiger partial charge in [0.15, 0.2) is 0 Å². The molecule has 148 valence electrons. The van der Waals surface area contributed by atoms with Crippen LogP contribution in [-0.2, 0) is 22.3 Å². The van der Waals surface area contributed by atoms with E-state index in [0.717, 1.165) is 12.1 Å². The molecule has 0 aliphatic carbocycles. The third-order valence-corrected chi connectivity index (χ3v) is 4.36. The Balaban J connectivity index is 1.66. The molecule has 2 unspecified atom stereocenters. The lowest BCUT2D eigenvalue weighted by Gasteiger charge is -2.19. The molecule has 0 bridgehead atoms. The van der Waals surface area contributed by atoms with Crippen molar-refractivity contribution in [3.63, 3.8) is 0 Å². The predicted molar refractivity (Wildman–Crippen MR) is 95.5 cm³/mol. The van der Waals surface area contributed by atoms with Gasteiger partial charge in [-0.05, 0) is 29.8 Å². The molecule has 1 saturated heterocycles. The Kier molecular flexibility index (Phi) is 5.99. The number of amides is 1. The first-order valence-corrected chi connectivity index (χ1v) is 8.63. The van der Waals surface area contributed by atoms with Gasteiger partial charge in [0.25, 0.3) is 0 Å². The molecule has 8 heteroatoms. The number of likely N-dealkylation sites (tertiary alicyclic amines) is 1. The molecular weight excluding hydrogens is 373 g/mol. The van der Waals surface area contributed by atoms with Crippen LogP contribution in [0.25, 0.3) is 0 Å². The van der Waals surface area contributed by atoms with E-state index in [1.54, 1.807) is 29.3 Å². The van der Waals surface area contributed by atoms with Gasteiger partial charge in [0, 0.05) is 12.3 Å². The molecule has 1 aromatic heterocycles. The van der Waals surface area contributed by atoms with Gasteiger partial charge in [-0.2, -0.15) is 13.2 Å². The molecule has 2 heterocycles. The van der Waals surface area contributed by atoms with E-state index in [4.69, 9.17) is 9.47 Å². The molecule has 28 heavy (non-hydrogen) atoms. The number of pyridine rings is 1. The normalized spacial score (nSPS) is 19.5. The highest BCUT2D eigenvalue weighted by atomic mass is 19.4. The van der Waals surface area contributed by atoms with Gasteiger partial charge in [-0.25, -0.2) is 4.98 Å². The summed E-state index contributed by atoms with van der Waals surface area (Å²) in [6.07, 6.45) is -2.47. The van der Waals surface area contributed by atoms with Crippen LogP contribution in [0.2, 0.25) is 0 Å². The van der Waals surface area contributed by atoms with E-state index >= 15 is 0 Å². The second kappa shape index (κ2) is 8.43. The van der Waals surface area contributed by atoms with Gasteiger partial charge in [0.2, 0.25) is 11.8 Å². The summed E-state index contributed by atoms with van der Waals surface area (Å²) >= 11 is 0. The monoisotopic (exact) mass is 392 g/mol. The minimum Gasteiger partial charge on any atom is -0.470 e. The third-order valence-electron chi connectivity index (χ3n) is 4.36. The van der Waals surface area contributed by atoms with Crippen LogP contribution in [0.15, 0.2) is 61.3 Å². The molecule has 3 rings (SSSR count). The molecule has 0 spiro atoms. The average molecular weight is 392 g/mol. The molecule has 1 aliphatic rings. The van der Waals surface area contributed by atoms with Crippen LogP contribution in [0.1, 0.15) is 11.1 Å². The molecule has 2 aromatic rings. The first kappa shape index (κ1) is 19.9. The minimum absolute atomic E-state index is 0.0982. The molecule has 1 aliphatic heterocycles. The van der Waals surface area contributed by atoms with E-state index in [9.17, 15) is 18.0 Å². The number of alkyl halides is 3. The number of aromatic nitrogens is 1. The van der Waals surface area contributed by atoms with E-state index in [0.29, 0.717) is 24.5 Å². The number of hydrogen-bond acceptors (Lipinski definition) is 4. The van der Waals surface area contributed by atoms with E-state index in [1.807, 2.05) is 0 Å². The van der Waals surface area contributed by atoms with Gasteiger partial charge in [-0.15, -0.1) is 0 Å². The highest BCUT2D eigenvalue weighted by Crippen LogP contribution is 2.29. The fourth-order valence-electron chi connectivity index (χ4n) is 2.89. The van der Waals surface area contributed by atoms with Gasteiger partial charge in [0.05, 0.1) is 25.3 Å². The number of hydrogen-bond donors (Lipinski definition) is 0. The zero-order valence-corrected chi connectivity index (χ0v) is 14.9. The van der Waals surface area contributed by atoms with Crippen LogP contribution in [0, 0.1) is 0 Å². The van der Waals surface area contributed by atoms with Gasteiger partial charge >= 0.3 is 6.18 Å². The number of halogens is 3. The smallest absolute Gasteiger partial charge is 0.416 e. The molecule has 1 aromatic carbocycles.